The third-order valence-corrected chi connectivity index (χ3v) is 3.20. The monoisotopic (exact) mass is 212 g/mol. The second-order valence-corrected chi connectivity index (χ2v) is 4.33. The molecule has 2 fully saturated rings. The van der Waals surface area contributed by atoms with Crippen LogP contribution >= 0.6 is 0 Å². The first kappa shape index (κ1) is 10.9. The molecule has 1 N–H and O–H groups in total. The SMILES string of the molecule is O=C1CNCCN1CCOC1CCCC1. The van der Waals surface area contributed by atoms with Crippen molar-refractivity contribution in [3.63, 3.8) is 0 Å². The molecule has 0 radical (unpaired) electrons. The fourth-order valence-electron chi connectivity index (χ4n) is 2.27. The lowest BCUT2D eigenvalue weighted by Crippen LogP contribution is -2.49. The summed E-state index contributed by atoms with van der Waals surface area (Å²) in [7, 11) is 0. The summed E-state index contributed by atoms with van der Waals surface area (Å²) in [6.45, 7) is 3.69. The molecule has 86 valence electrons. The number of hydrogen-bond acceptors (Lipinski definition) is 3. The molecule has 0 aromatic heterocycles. The maximum Gasteiger partial charge on any atom is 0.236 e. The Morgan fingerprint density at radius 1 is 1.40 bits per heavy atom. The normalized spacial score (nSPS) is 23.7. The number of rotatable bonds is 4. The van der Waals surface area contributed by atoms with Gasteiger partial charge in [-0.2, -0.15) is 0 Å². The minimum absolute atomic E-state index is 0.205. The number of piperazine rings is 1. The van der Waals surface area contributed by atoms with E-state index < -0.39 is 0 Å². The zero-order valence-electron chi connectivity index (χ0n) is 9.21. The van der Waals surface area contributed by atoms with Crippen LogP contribution in [-0.4, -0.2) is 49.7 Å². The predicted octanol–water partition coefficient (Wildman–Crippen LogP) is 0.377. The Morgan fingerprint density at radius 3 is 2.93 bits per heavy atom. The van der Waals surface area contributed by atoms with E-state index >= 15 is 0 Å². The number of nitrogens with zero attached hydrogens (tertiary/aromatic N) is 1. The van der Waals surface area contributed by atoms with E-state index in [4.69, 9.17) is 4.74 Å². The van der Waals surface area contributed by atoms with Crippen molar-refractivity contribution in [3.05, 3.63) is 0 Å². The number of carbonyl (C=O) groups is 1. The average Bonchev–Trinajstić information content (AvgIpc) is 2.74. The molecule has 1 aliphatic heterocycles. The number of nitrogens with one attached hydrogen (secondary N) is 1. The molecule has 0 aromatic rings. The highest BCUT2D eigenvalue weighted by Crippen LogP contribution is 2.20. The molecular formula is C11H20N2O2. The number of carbonyl (C=O) groups excluding carboxylic acids is 1. The van der Waals surface area contributed by atoms with Gasteiger partial charge in [0.05, 0.1) is 19.3 Å². The minimum atomic E-state index is 0.205. The van der Waals surface area contributed by atoms with Gasteiger partial charge < -0.3 is 15.0 Å². The Labute approximate surface area is 91.0 Å². The van der Waals surface area contributed by atoms with Gasteiger partial charge in [-0.1, -0.05) is 12.8 Å². The summed E-state index contributed by atoms with van der Waals surface area (Å²) in [5.74, 6) is 0.205. The van der Waals surface area contributed by atoms with E-state index in [-0.39, 0.29) is 5.91 Å². The van der Waals surface area contributed by atoms with Crippen LogP contribution in [0.4, 0.5) is 0 Å². The Bertz CT molecular complexity index is 215. The smallest absolute Gasteiger partial charge is 0.236 e. The molecule has 1 aliphatic carbocycles. The van der Waals surface area contributed by atoms with Gasteiger partial charge in [0.2, 0.25) is 5.91 Å². The fraction of sp³-hybridized carbons (Fsp3) is 0.909. The average molecular weight is 212 g/mol. The third-order valence-electron chi connectivity index (χ3n) is 3.20. The molecule has 2 aliphatic rings. The molecule has 1 saturated heterocycles. The van der Waals surface area contributed by atoms with Crippen molar-refractivity contribution in [2.24, 2.45) is 0 Å². The van der Waals surface area contributed by atoms with Crippen molar-refractivity contribution in [1.82, 2.24) is 10.2 Å². The first-order valence-electron chi connectivity index (χ1n) is 5.96. The first-order valence-corrected chi connectivity index (χ1v) is 5.96. The van der Waals surface area contributed by atoms with Crippen LogP contribution in [0.15, 0.2) is 0 Å². The molecule has 0 bridgehead atoms. The molecule has 2 rings (SSSR count). The van der Waals surface area contributed by atoms with Crippen LogP contribution in [0.5, 0.6) is 0 Å². The lowest BCUT2D eigenvalue weighted by atomic mass is 10.3. The van der Waals surface area contributed by atoms with Gasteiger partial charge in [-0.05, 0) is 12.8 Å². The number of amides is 1. The summed E-state index contributed by atoms with van der Waals surface area (Å²) in [5.41, 5.74) is 0. The van der Waals surface area contributed by atoms with E-state index in [1.165, 1.54) is 25.7 Å². The summed E-state index contributed by atoms with van der Waals surface area (Å²) >= 11 is 0. The van der Waals surface area contributed by atoms with Crippen molar-refractivity contribution >= 4 is 5.91 Å². The van der Waals surface area contributed by atoms with E-state index in [2.05, 4.69) is 5.32 Å². The molecule has 0 atom stereocenters. The van der Waals surface area contributed by atoms with Crippen molar-refractivity contribution in [2.75, 3.05) is 32.8 Å². The number of ether oxygens (including phenoxy) is 1. The lowest BCUT2D eigenvalue weighted by molar-refractivity contribution is -0.133. The van der Waals surface area contributed by atoms with Crippen molar-refractivity contribution in [1.29, 1.82) is 0 Å². The first-order chi connectivity index (χ1) is 7.36. The fourth-order valence-corrected chi connectivity index (χ4v) is 2.27. The van der Waals surface area contributed by atoms with E-state index in [9.17, 15) is 4.79 Å². The zero-order valence-corrected chi connectivity index (χ0v) is 9.21. The molecule has 1 heterocycles. The Balaban J connectivity index is 1.61. The minimum Gasteiger partial charge on any atom is -0.376 e. The van der Waals surface area contributed by atoms with Gasteiger partial charge >= 0.3 is 0 Å². The molecule has 0 unspecified atom stereocenters. The second-order valence-electron chi connectivity index (χ2n) is 4.33. The van der Waals surface area contributed by atoms with Crippen LogP contribution in [0.2, 0.25) is 0 Å². The molecular weight excluding hydrogens is 192 g/mol. The van der Waals surface area contributed by atoms with Crippen LogP contribution in [0.3, 0.4) is 0 Å². The summed E-state index contributed by atoms with van der Waals surface area (Å²) in [6, 6.07) is 0. The highest BCUT2D eigenvalue weighted by Gasteiger charge is 2.19. The Morgan fingerprint density at radius 2 is 2.20 bits per heavy atom. The molecule has 0 aromatic carbocycles. The molecule has 1 saturated carbocycles. The molecule has 4 nitrogen and oxygen atoms in total. The predicted molar refractivity (Wildman–Crippen MR) is 57.7 cm³/mol. The quantitative estimate of drug-likeness (QED) is 0.732. The summed E-state index contributed by atoms with van der Waals surface area (Å²) in [5, 5.41) is 3.06. The molecule has 0 spiro atoms. The second kappa shape index (κ2) is 5.47. The van der Waals surface area contributed by atoms with Gasteiger partial charge in [-0.15, -0.1) is 0 Å². The van der Waals surface area contributed by atoms with Gasteiger partial charge in [0.25, 0.3) is 0 Å². The molecule has 4 heteroatoms. The largest absolute Gasteiger partial charge is 0.376 e. The van der Waals surface area contributed by atoms with Gasteiger partial charge in [0.1, 0.15) is 0 Å². The molecule has 1 amide bonds. The summed E-state index contributed by atoms with van der Waals surface area (Å²) in [6.07, 6.45) is 5.47. The van der Waals surface area contributed by atoms with Crippen LogP contribution in [-0.2, 0) is 9.53 Å². The molecule has 15 heavy (non-hydrogen) atoms. The van der Waals surface area contributed by atoms with Gasteiger partial charge in [0, 0.05) is 19.6 Å². The highest BCUT2D eigenvalue weighted by atomic mass is 16.5. The van der Waals surface area contributed by atoms with Crippen LogP contribution in [0.1, 0.15) is 25.7 Å². The van der Waals surface area contributed by atoms with Crippen molar-refractivity contribution < 1.29 is 9.53 Å². The summed E-state index contributed by atoms with van der Waals surface area (Å²) in [4.78, 5) is 13.3. The highest BCUT2D eigenvalue weighted by molar-refractivity contribution is 5.78. The lowest BCUT2D eigenvalue weighted by Gasteiger charge is -2.27. The number of hydrogen-bond donors (Lipinski definition) is 1. The van der Waals surface area contributed by atoms with E-state index in [1.807, 2.05) is 4.90 Å². The van der Waals surface area contributed by atoms with E-state index in [0.29, 0.717) is 19.3 Å². The van der Waals surface area contributed by atoms with Crippen LogP contribution in [0, 0.1) is 0 Å². The Hall–Kier alpha value is -0.610. The summed E-state index contributed by atoms with van der Waals surface area (Å²) < 4.78 is 5.74. The maximum atomic E-state index is 11.4. The van der Waals surface area contributed by atoms with E-state index in [0.717, 1.165) is 19.6 Å². The van der Waals surface area contributed by atoms with Crippen molar-refractivity contribution in [2.45, 2.75) is 31.8 Å². The van der Waals surface area contributed by atoms with Gasteiger partial charge in [-0.25, -0.2) is 0 Å². The van der Waals surface area contributed by atoms with Gasteiger partial charge in [-0.3, -0.25) is 4.79 Å². The van der Waals surface area contributed by atoms with Crippen LogP contribution in [0.25, 0.3) is 0 Å². The standard InChI is InChI=1S/C11H20N2O2/c14-11-9-12-5-6-13(11)7-8-15-10-3-1-2-4-10/h10,12H,1-9H2. The maximum absolute atomic E-state index is 11.4. The van der Waals surface area contributed by atoms with Crippen LogP contribution < -0.4 is 5.32 Å². The Kier molecular flexibility index (Phi) is 3.97. The van der Waals surface area contributed by atoms with E-state index in [1.54, 1.807) is 0 Å². The zero-order chi connectivity index (χ0) is 10.5. The topological polar surface area (TPSA) is 41.6 Å². The third kappa shape index (κ3) is 3.18. The van der Waals surface area contributed by atoms with Crippen molar-refractivity contribution in [3.8, 4) is 0 Å². The van der Waals surface area contributed by atoms with Gasteiger partial charge in [0.15, 0.2) is 0 Å².